The van der Waals surface area contributed by atoms with Gasteiger partial charge in [0.05, 0.1) is 17.9 Å². The molecular weight excluding hydrogens is 452 g/mol. The Hall–Kier alpha value is -1.77. The van der Waals surface area contributed by atoms with Crippen LogP contribution in [0, 0.1) is 41.7 Å². The molecule has 1 radical (unpaired) electrons. The second-order valence-corrected chi connectivity index (χ2v) is 3.61. The zero-order valence-electron chi connectivity index (χ0n) is 14.4. The van der Waals surface area contributed by atoms with E-state index in [-0.39, 0.29) is 41.7 Å². The molecular formula is C18H21CeO6. The van der Waals surface area contributed by atoms with Gasteiger partial charge in [-0.2, -0.15) is 0 Å². The van der Waals surface area contributed by atoms with Crippen molar-refractivity contribution in [3.05, 3.63) is 72.9 Å². The van der Waals surface area contributed by atoms with E-state index in [1.165, 1.54) is 18.2 Å². The van der Waals surface area contributed by atoms with E-state index in [9.17, 15) is 29.7 Å². The molecule has 0 aromatic rings. The summed E-state index contributed by atoms with van der Waals surface area (Å²) in [6, 6.07) is 0. The fourth-order valence-corrected chi connectivity index (χ4v) is 0.736. The van der Waals surface area contributed by atoms with E-state index in [4.69, 9.17) is 0 Å². The molecule has 6 nitrogen and oxygen atoms in total. The van der Waals surface area contributed by atoms with Crippen LogP contribution in [0.25, 0.3) is 0 Å². The van der Waals surface area contributed by atoms with Gasteiger partial charge in [0.2, 0.25) is 0 Å². The molecule has 25 heavy (non-hydrogen) atoms. The van der Waals surface area contributed by atoms with Crippen LogP contribution in [0.5, 0.6) is 0 Å². The molecule has 0 bridgehead atoms. The van der Waals surface area contributed by atoms with Gasteiger partial charge in [-0.15, -0.1) is 0 Å². The Balaban J connectivity index is -0.000000130. The molecule has 0 spiro atoms. The first kappa shape index (κ1) is 31.0. The zero-order chi connectivity index (χ0) is 19.2. The van der Waals surface area contributed by atoms with Crippen LogP contribution in [0.1, 0.15) is 20.8 Å². The minimum atomic E-state index is -1.16. The Morgan fingerprint density at radius 2 is 0.720 bits per heavy atom. The van der Waals surface area contributed by atoms with Gasteiger partial charge in [-0.25, -0.2) is 0 Å². The van der Waals surface area contributed by atoms with Crippen LogP contribution in [0.4, 0.5) is 0 Å². The van der Waals surface area contributed by atoms with E-state index in [1.54, 1.807) is 57.2 Å². The monoisotopic (exact) mass is 473 g/mol. The Morgan fingerprint density at radius 1 is 0.520 bits per heavy atom. The second-order valence-electron chi connectivity index (χ2n) is 3.61. The van der Waals surface area contributed by atoms with Crippen molar-refractivity contribution in [3.63, 3.8) is 0 Å². The van der Waals surface area contributed by atoms with Gasteiger partial charge in [0.1, 0.15) is 0 Å². The van der Waals surface area contributed by atoms with E-state index >= 15 is 0 Å². The van der Waals surface area contributed by atoms with Crippen molar-refractivity contribution < 1.29 is 71.5 Å². The zero-order valence-corrected chi connectivity index (χ0v) is 17.5. The van der Waals surface area contributed by atoms with Crippen molar-refractivity contribution in [2.75, 3.05) is 0 Å². The maximum absolute atomic E-state index is 9.64. The van der Waals surface area contributed by atoms with Crippen molar-refractivity contribution in [1.29, 1.82) is 0 Å². The number of allylic oxidation sites excluding steroid dienone is 9. The molecule has 0 unspecified atom stereocenters. The number of carboxylic acid groups (broad SMARTS) is 3. The first-order chi connectivity index (χ1) is 11.3. The average molecular weight is 473 g/mol. The summed E-state index contributed by atoms with van der Waals surface area (Å²) in [5.41, 5.74) is 0. The normalized spacial score (nSPS) is 10.7. The topological polar surface area (TPSA) is 120 Å². The molecule has 0 rings (SSSR count). The first-order valence-electron chi connectivity index (χ1n) is 6.82. The van der Waals surface area contributed by atoms with Crippen molar-refractivity contribution in [1.82, 2.24) is 0 Å². The van der Waals surface area contributed by atoms with E-state index in [1.807, 2.05) is 0 Å². The summed E-state index contributed by atoms with van der Waals surface area (Å²) in [6.45, 7) is 5.42. The second kappa shape index (κ2) is 27.1. The fraction of sp³-hybridized carbons (Fsp3) is 0.167. The molecule has 0 aliphatic carbocycles. The predicted octanol–water partition coefficient (Wildman–Crippen LogP) is -0.394. The standard InChI is InChI=1S/3C6H8O2.Ce/c3*1-2-3-4-5-6(7)8;/h3*2-5H,1H3,(H,7,8);/q;;;+3/p-3/b3*3-2+,5-4+;. The number of rotatable bonds is 6. The van der Waals surface area contributed by atoms with Gasteiger partial charge in [0.25, 0.3) is 0 Å². The SMILES string of the molecule is C/C=C/C=C/C(=O)[O-].C/C=C/C=C/C(=O)[O-].C/C=C/C=C/C(=O)[O-].[Ce+3]. The smallest absolute Gasteiger partial charge is 0.545 e. The summed E-state index contributed by atoms with van der Waals surface area (Å²) in [5, 5.41) is 28.9. The van der Waals surface area contributed by atoms with Crippen LogP contribution in [0.15, 0.2) is 72.9 Å². The number of carboxylic acids is 3. The van der Waals surface area contributed by atoms with Crippen molar-refractivity contribution in [2.24, 2.45) is 0 Å². The van der Waals surface area contributed by atoms with Crippen LogP contribution >= 0.6 is 0 Å². The number of carbonyl (C=O) groups excluding carboxylic acids is 3. The van der Waals surface area contributed by atoms with Gasteiger partial charge in [-0.3, -0.25) is 0 Å². The third-order valence-electron chi connectivity index (χ3n) is 1.61. The molecule has 0 N–H and O–H groups in total. The largest absolute Gasteiger partial charge is 3.00 e. The quantitative estimate of drug-likeness (QED) is 0.383. The number of aliphatic carboxylic acids is 3. The summed E-state index contributed by atoms with van der Waals surface area (Å²) in [6.07, 6.45) is 17.2. The maximum Gasteiger partial charge on any atom is 3.00 e. The van der Waals surface area contributed by atoms with Crippen LogP contribution < -0.4 is 15.3 Å². The minimum absolute atomic E-state index is 0. The molecule has 0 aliphatic rings. The Bertz CT molecular complexity index is 450. The summed E-state index contributed by atoms with van der Waals surface area (Å²) in [4.78, 5) is 28.9. The number of hydrogen-bond donors (Lipinski definition) is 0. The van der Waals surface area contributed by atoms with E-state index in [2.05, 4.69) is 0 Å². The van der Waals surface area contributed by atoms with Gasteiger partial charge < -0.3 is 29.7 Å². The molecule has 0 aliphatic heterocycles. The first-order valence-corrected chi connectivity index (χ1v) is 6.82. The average Bonchev–Trinajstić information content (AvgIpc) is 2.48. The van der Waals surface area contributed by atoms with Crippen LogP contribution in [-0.4, -0.2) is 17.9 Å². The summed E-state index contributed by atoms with van der Waals surface area (Å²) in [7, 11) is 0. The molecule has 0 aromatic heterocycles. The molecule has 0 amide bonds. The molecule has 0 aromatic carbocycles. The molecule has 0 saturated heterocycles. The Labute approximate surface area is 182 Å². The van der Waals surface area contributed by atoms with Crippen molar-refractivity contribution in [3.8, 4) is 0 Å². The summed E-state index contributed by atoms with van der Waals surface area (Å²) >= 11 is 0. The number of carbonyl (C=O) groups is 3. The molecule has 0 fully saturated rings. The Kier molecular flexibility index (Phi) is 33.6. The molecule has 0 saturated carbocycles. The summed E-state index contributed by atoms with van der Waals surface area (Å²) in [5.74, 6) is -3.49. The van der Waals surface area contributed by atoms with Gasteiger partial charge in [0.15, 0.2) is 0 Å². The van der Waals surface area contributed by atoms with Gasteiger partial charge in [-0.1, -0.05) is 54.7 Å². The molecule has 0 atom stereocenters. The third kappa shape index (κ3) is 52.0. The van der Waals surface area contributed by atoms with E-state index in [0.717, 1.165) is 18.2 Å². The molecule has 133 valence electrons. The van der Waals surface area contributed by atoms with Gasteiger partial charge in [-0.05, 0) is 39.0 Å². The maximum atomic E-state index is 9.64. The summed E-state index contributed by atoms with van der Waals surface area (Å²) < 4.78 is 0. The fourth-order valence-electron chi connectivity index (χ4n) is 0.736. The van der Waals surface area contributed by atoms with E-state index in [0.29, 0.717) is 0 Å². The minimum Gasteiger partial charge on any atom is -0.545 e. The Morgan fingerprint density at radius 3 is 0.840 bits per heavy atom. The van der Waals surface area contributed by atoms with Crippen LogP contribution in [0.2, 0.25) is 0 Å². The molecule has 0 heterocycles. The van der Waals surface area contributed by atoms with Gasteiger partial charge >= 0.3 is 41.7 Å². The predicted molar refractivity (Wildman–Crippen MR) is 86.9 cm³/mol. The molecule has 7 heteroatoms. The van der Waals surface area contributed by atoms with Crippen molar-refractivity contribution in [2.45, 2.75) is 20.8 Å². The van der Waals surface area contributed by atoms with Gasteiger partial charge in [0, 0.05) is 0 Å². The van der Waals surface area contributed by atoms with Crippen LogP contribution in [-0.2, 0) is 14.4 Å². The van der Waals surface area contributed by atoms with Crippen molar-refractivity contribution >= 4 is 17.9 Å². The third-order valence-corrected chi connectivity index (χ3v) is 1.61. The van der Waals surface area contributed by atoms with E-state index < -0.39 is 17.9 Å². The number of hydrogen-bond acceptors (Lipinski definition) is 6. The van der Waals surface area contributed by atoms with Crippen LogP contribution in [0.3, 0.4) is 0 Å².